The monoisotopic (exact) mass is 341 g/mol. The lowest BCUT2D eigenvalue weighted by Gasteiger charge is -2.13. The van der Waals surface area contributed by atoms with Gasteiger partial charge in [-0.3, -0.25) is 4.79 Å². The molecule has 17 heavy (non-hydrogen) atoms. The van der Waals surface area contributed by atoms with E-state index in [1.165, 1.54) is 0 Å². The van der Waals surface area contributed by atoms with Gasteiger partial charge in [0.25, 0.3) is 10.0 Å². The lowest BCUT2D eigenvalue weighted by molar-refractivity contribution is -0.139. The zero-order valence-corrected chi connectivity index (χ0v) is 12.2. The van der Waals surface area contributed by atoms with Gasteiger partial charge >= 0.3 is 5.97 Å². The molecule has 0 radical (unpaired) electrons. The quantitative estimate of drug-likeness (QED) is 0.829. The maximum Gasteiger partial charge on any atom is 0.321 e. The van der Waals surface area contributed by atoms with E-state index >= 15 is 0 Å². The van der Waals surface area contributed by atoms with Gasteiger partial charge in [-0.25, -0.2) is 8.42 Å². The molecule has 0 fully saturated rings. The summed E-state index contributed by atoms with van der Waals surface area (Å²) in [4.78, 5) is 10.9. The van der Waals surface area contributed by atoms with Gasteiger partial charge in [0.1, 0.15) is 10.3 Å². The summed E-state index contributed by atoms with van der Waals surface area (Å²) in [6.45, 7) is 1.80. The molecule has 2 N–H and O–H groups in total. The van der Waals surface area contributed by atoms with Crippen molar-refractivity contribution in [3.63, 3.8) is 0 Å². The van der Waals surface area contributed by atoms with E-state index < -0.39 is 22.0 Å². The molecule has 0 aliphatic carbocycles. The second-order valence-corrected chi connectivity index (χ2v) is 7.04. The summed E-state index contributed by atoms with van der Waals surface area (Å²) in [7, 11) is -3.77. The van der Waals surface area contributed by atoms with Gasteiger partial charge in [0.15, 0.2) is 0 Å². The van der Waals surface area contributed by atoms with Crippen molar-refractivity contribution in [1.82, 2.24) is 4.72 Å². The Kier molecular flexibility index (Phi) is 5.11. The Morgan fingerprint density at radius 3 is 2.71 bits per heavy atom. The highest BCUT2D eigenvalue weighted by Crippen LogP contribution is 2.27. The molecule has 0 amide bonds. The molecule has 1 atom stereocenters. The zero-order chi connectivity index (χ0) is 13.1. The number of carboxylic acids is 1. The van der Waals surface area contributed by atoms with E-state index in [4.69, 9.17) is 5.11 Å². The van der Waals surface area contributed by atoms with E-state index in [-0.39, 0.29) is 10.6 Å². The molecule has 0 aromatic carbocycles. The minimum absolute atomic E-state index is 0.0971. The fourth-order valence-corrected chi connectivity index (χ4v) is 4.81. The summed E-state index contributed by atoms with van der Waals surface area (Å²) < 4.78 is 26.5. The Morgan fingerprint density at radius 2 is 2.29 bits per heavy atom. The van der Waals surface area contributed by atoms with E-state index in [2.05, 4.69) is 20.7 Å². The first-order chi connectivity index (χ1) is 7.88. The molecule has 1 aromatic heterocycles. The molecule has 1 heterocycles. The molecule has 1 rings (SSSR count). The molecule has 0 saturated heterocycles. The van der Waals surface area contributed by atoms with Gasteiger partial charge < -0.3 is 5.11 Å². The maximum absolute atomic E-state index is 11.9. The van der Waals surface area contributed by atoms with Crippen LogP contribution in [0.3, 0.4) is 0 Å². The van der Waals surface area contributed by atoms with E-state index in [0.717, 1.165) is 11.3 Å². The van der Waals surface area contributed by atoms with Crippen LogP contribution in [0.25, 0.3) is 0 Å². The molecule has 5 nitrogen and oxygen atoms in total. The second-order valence-electron chi connectivity index (χ2n) is 3.36. The second kappa shape index (κ2) is 5.94. The number of hydrogen-bond acceptors (Lipinski definition) is 4. The van der Waals surface area contributed by atoms with Crippen molar-refractivity contribution in [3.05, 3.63) is 15.9 Å². The summed E-state index contributed by atoms with van der Waals surface area (Å²) in [6.07, 6.45) is 0.850. The lowest BCUT2D eigenvalue weighted by atomic mass is 10.2. The minimum Gasteiger partial charge on any atom is -0.480 e. The van der Waals surface area contributed by atoms with Crippen molar-refractivity contribution in [1.29, 1.82) is 0 Å². The van der Waals surface area contributed by atoms with Crippen molar-refractivity contribution in [2.24, 2.45) is 0 Å². The van der Waals surface area contributed by atoms with Crippen LogP contribution >= 0.6 is 27.3 Å². The Labute approximate surface area is 112 Å². The first-order valence-electron chi connectivity index (χ1n) is 4.86. The molecular weight excluding hydrogens is 330 g/mol. The van der Waals surface area contributed by atoms with Crippen LogP contribution in [0, 0.1) is 0 Å². The summed E-state index contributed by atoms with van der Waals surface area (Å²) in [5.74, 6) is -1.16. The predicted octanol–water partition coefficient (Wildman–Crippen LogP) is 2.04. The first kappa shape index (κ1) is 14.6. The molecule has 0 aliphatic heterocycles. The number of thiophene rings is 1. The Morgan fingerprint density at radius 1 is 1.65 bits per heavy atom. The third-order valence-electron chi connectivity index (χ3n) is 2.00. The number of hydrogen-bond donors (Lipinski definition) is 2. The summed E-state index contributed by atoms with van der Waals surface area (Å²) >= 11 is 4.15. The number of carboxylic acid groups (broad SMARTS) is 1. The standard InChI is InChI=1S/C9H12BrNO4S2/c1-2-3-7(8(12)13)11-17(14,15)9-6(10)4-5-16-9/h4-5,7,11H,2-3H2,1H3,(H,12,13)/t7-/m1/s1. The molecule has 0 aliphatic rings. The molecule has 0 spiro atoms. The molecule has 1 aromatic rings. The number of halogens is 1. The van der Waals surface area contributed by atoms with E-state index in [1.807, 2.05) is 0 Å². The molecular formula is C9H12BrNO4S2. The molecule has 0 unspecified atom stereocenters. The first-order valence-corrected chi connectivity index (χ1v) is 8.02. The van der Waals surface area contributed by atoms with Gasteiger partial charge in [0.05, 0.1) is 0 Å². The highest BCUT2D eigenvalue weighted by Gasteiger charge is 2.26. The van der Waals surface area contributed by atoms with Crippen molar-refractivity contribution in [2.45, 2.75) is 30.0 Å². The fourth-order valence-electron chi connectivity index (χ4n) is 1.23. The number of carbonyl (C=O) groups is 1. The Hall–Kier alpha value is -0.440. The number of nitrogens with one attached hydrogen (secondary N) is 1. The van der Waals surface area contributed by atoms with Gasteiger partial charge in [-0.05, 0) is 33.8 Å². The van der Waals surface area contributed by atoms with Crippen LogP contribution < -0.4 is 4.72 Å². The summed E-state index contributed by atoms with van der Waals surface area (Å²) in [6, 6.07) is 0.522. The van der Waals surface area contributed by atoms with Crippen LogP contribution in [0.2, 0.25) is 0 Å². The topological polar surface area (TPSA) is 83.5 Å². The van der Waals surface area contributed by atoms with Crippen LogP contribution in [0.4, 0.5) is 0 Å². The van der Waals surface area contributed by atoms with Gasteiger partial charge in [-0.15, -0.1) is 11.3 Å². The van der Waals surface area contributed by atoms with Crippen molar-refractivity contribution in [3.8, 4) is 0 Å². The van der Waals surface area contributed by atoms with Gasteiger partial charge in [-0.2, -0.15) is 4.72 Å². The Bertz CT molecular complexity index is 497. The average Bonchev–Trinajstić information content (AvgIpc) is 2.64. The smallest absolute Gasteiger partial charge is 0.321 e. The maximum atomic E-state index is 11.9. The van der Waals surface area contributed by atoms with Crippen molar-refractivity contribution < 1.29 is 18.3 Å². The lowest BCUT2D eigenvalue weighted by Crippen LogP contribution is -2.40. The minimum atomic E-state index is -3.77. The van der Waals surface area contributed by atoms with Crippen molar-refractivity contribution in [2.75, 3.05) is 0 Å². The Balaban J connectivity index is 2.93. The summed E-state index contributed by atoms with van der Waals surface area (Å²) in [5.41, 5.74) is 0. The predicted molar refractivity (Wildman–Crippen MR) is 68.7 cm³/mol. The van der Waals surface area contributed by atoms with Crippen molar-refractivity contribution >= 4 is 43.3 Å². The zero-order valence-electron chi connectivity index (χ0n) is 9.01. The number of rotatable bonds is 6. The van der Waals surface area contributed by atoms with Gasteiger partial charge in [0.2, 0.25) is 0 Å². The fraction of sp³-hybridized carbons (Fsp3) is 0.444. The van der Waals surface area contributed by atoms with Crippen LogP contribution in [0.5, 0.6) is 0 Å². The molecule has 96 valence electrons. The third-order valence-corrected chi connectivity index (χ3v) is 6.14. The van der Waals surface area contributed by atoms with Gasteiger partial charge in [-0.1, -0.05) is 13.3 Å². The third kappa shape index (κ3) is 3.77. The van der Waals surface area contributed by atoms with Crippen LogP contribution in [-0.2, 0) is 14.8 Å². The SMILES string of the molecule is CCC[C@@H](NS(=O)(=O)c1sccc1Br)C(=O)O. The molecule has 0 bridgehead atoms. The highest BCUT2D eigenvalue weighted by molar-refractivity contribution is 9.10. The normalized spacial score (nSPS) is 13.5. The van der Waals surface area contributed by atoms with Crippen LogP contribution in [0.15, 0.2) is 20.1 Å². The van der Waals surface area contributed by atoms with E-state index in [9.17, 15) is 13.2 Å². The molecule has 8 heteroatoms. The van der Waals surface area contributed by atoms with E-state index in [1.54, 1.807) is 18.4 Å². The summed E-state index contributed by atoms with van der Waals surface area (Å²) in [5, 5.41) is 10.5. The average molecular weight is 342 g/mol. The van der Waals surface area contributed by atoms with Gasteiger partial charge in [0, 0.05) is 4.47 Å². The van der Waals surface area contributed by atoms with Crippen LogP contribution in [-0.4, -0.2) is 25.5 Å². The highest BCUT2D eigenvalue weighted by atomic mass is 79.9. The molecule has 0 saturated carbocycles. The van der Waals surface area contributed by atoms with E-state index in [0.29, 0.717) is 10.9 Å². The van der Waals surface area contributed by atoms with Crippen LogP contribution in [0.1, 0.15) is 19.8 Å². The largest absolute Gasteiger partial charge is 0.480 e. The number of aliphatic carboxylic acids is 1. The number of sulfonamides is 1.